The van der Waals surface area contributed by atoms with E-state index in [4.69, 9.17) is 30.1 Å². The predicted octanol–water partition coefficient (Wildman–Crippen LogP) is 4.61. The van der Waals surface area contributed by atoms with E-state index in [2.05, 4.69) is 31.1 Å². The van der Waals surface area contributed by atoms with E-state index in [1.165, 1.54) is 0 Å². The first-order chi connectivity index (χ1) is 14.1. The van der Waals surface area contributed by atoms with Crippen molar-refractivity contribution in [3.8, 4) is 5.75 Å². The molecular weight excluding hydrogens is 430 g/mol. The first kappa shape index (κ1) is 24.8. The van der Waals surface area contributed by atoms with Crippen molar-refractivity contribution in [1.82, 2.24) is 0 Å². The lowest BCUT2D eigenvalue weighted by atomic mass is 9.90. The highest BCUT2D eigenvalue weighted by molar-refractivity contribution is 7.10. The summed E-state index contributed by atoms with van der Waals surface area (Å²) in [6, 6.07) is 7.26. The van der Waals surface area contributed by atoms with Crippen molar-refractivity contribution in [2.75, 3.05) is 19.8 Å². The third-order valence-electron chi connectivity index (χ3n) is 4.99. The van der Waals surface area contributed by atoms with Crippen LogP contribution in [0.25, 0.3) is 0 Å². The van der Waals surface area contributed by atoms with Crippen LogP contribution in [0.4, 0.5) is 0 Å². The Morgan fingerprint density at radius 1 is 1.31 bits per heavy atom. The summed E-state index contributed by atoms with van der Waals surface area (Å²) >= 11 is 5.99. The summed E-state index contributed by atoms with van der Waals surface area (Å²) in [5, 5.41) is 11.1. The molecule has 7 atom stereocenters. The Labute approximate surface area is 183 Å². The second kappa shape index (κ2) is 13.7. The molecule has 2 rings (SSSR count). The Morgan fingerprint density at radius 3 is 2.83 bits per heavy atom. The highest BCUT2D eigenvalue weighted by Crippen LogP contribution is 2.39. The van der Waals surface area contributed by atoms with Crippen LogP contribution in [0.5, 0.6) is 5.75 Å². The lowest BCUT2D eigenvalue weighted by Crippen LogP contribution is -2.22. The minimum atomic E-state index is -0.412. The second-order valence-corrected chi connectivity index (χ2v) is 7.89. The summed E-state index contributed by atoms with van der Waals surface area (Å²) in [5.74, 6) is 0.847. The van der Waals surface area contributed by atoms with Gasteiger partial charge in [-0.25, -0.2) is 0 Å². The van der Waals surface area contributed by atoms with E-state index in [0.29, 0.717) is 37.0 Å². The number of aliphatic hydroxyl groups is 1. The zero-order valence-electron chi connectivity index (χ0n) is 16.7. The quantitative estimate of drug-likeness (QED) is 0.280. The van der Waals surface area contributed by atoms with Gasteiger partial charge in [-0.15, -0.1) is 0 Å². The molecule has 0 spiro atoms. The Hall–Kier alpha value is -0.510. The summed E-state index contributed by atoms with van der Waals surface area (Å²) in [7, 11) is 4.60. The molecule has 1 aliphatic rings. The first-order valence-corrected chi connectivity index (χ1v) is 11.1. The third-order valence-corrected chi connectivity index (χ3v) is 5.93. The van der Waals surface area contributed by atoms with Gasteiger partial charge in [0, 0.05) is 42.9 Å². The zero-order chi connectivity index (χ0) is 21.1. The lowest BCUT2D eigenvalue weighted by molar-refractivity contribution is 0.123. The molecule has 5 nitrogen and oxygen atoms in total. The fraction of sp³-hybridized carbons (Fsp3) is 0.524. The van der Waals surface area contributed by atoms with Gasteiger partial charge in [0.05, 0.1) is 18.8 Å². The van der Waals surface area contributed by atoms with Crippen LogP contribution in [0, 0.1) is 11.8 Å². The molecule has 162 valence electrons. The number of hydrogen-bond acceptors (Lipinski definition) is 5. The standard InChI is InChI=1S/C21H31ClO5P2/c1-2-24-11-4-3-8-18-19(21(27-29)13-20(18)23)10-9-17(26-28)14-25-16-7-5-6-15(22)12-16/h3-7,9-10,12,17-21,23H,2,8,11,13-14,28-29H2,1H3/b4-3+,10-9+. The van der Waals surface area contributed by atoms with Crippen LogP contribution in [0.2, 0.25) is 5.02 Å². The monoisotopic (exact) mass is 460 g/mol. The molecule has 0 amide bonds. The van der Waals surface area contributed by atoms with Crippen LogP contribution in [0.1, 0.15) is 19.8 Å². The molecule has 0 radical (unpaired) electrons. The number of hydrogen-bond donors (Lipinski definition) is 1. The minimum absolute atomic E-state index is 0.0597. The van der Waals surface area contributed by atoms with Crippen molar-refractivity contribution in [2.24, 2.45) is 11.8 Å². The van der Waals surface area contributed by atoms with E-state index in [1.807, 2.05) is 31.2 Å². The van der Waals surface area contributed by atoms with Gasteiger partial charge in [-0.05, 0) is 37.5 Å². The number of aliphatic hydroxyl groups excluding tert-OH is 1. The average molecular weight is 461 g/mol. The molecule has 1 N–H and O–H groups in total. The number of halogens is 1. The topological polar surface area (TPSA) is 57.2 Å². The van der Waals surface area contributed by atoms with Crippen LogP contribution in [0.3, 0.4) is 0 Å². The molecular formula is C21H31ClO5P2. The van der Waals surface area contributed by atoms with E-state index < -0.39 is 6.10 Å². The van der Waals surface area contributed by atoms with E-state index in [0.717, 1.165) is 6.42 Å². The van der Waals surface area contributed by atoms with Gasteiger partial charge in [0.1, 0.15) is 18.5 Å². The number of benzene rings is 1. The zero-order valence-corrected chi connectivity index (χ0v) is 19.7. The maximum atomic E-state index is 10.5. The molecule has 0 heterocycles. The SMILES string of the molecule is CCOC/C=C/CC1C(O)CC(OP)C1/C=C/C(COc1cccc(Cl)c1)OP. The van der Waals surface area contributed by atoms with Crippen molar-refractivity contribution in [1.29, 1.82) is 0 Å². The fourth-order valence-electron chi connectivity index (χ4n) is 3.46. The Morgan fingerprint density at radius 2 is 2.14 bits per heavy atom. The summed E-state index contributed by atoms with van der Waals surface area (Å²) in [6.07, 6.45) is 8.75. The van der Waals surface area contributed by atoms with Gasteiger partial charge in [0.25, 0.3) is 0 Å². The van der Waals surface area contributed by atoms with Crippen molar-refractivity contribution in [3.63, 3.8) is 0 Å². The molecule has 0 aromatic heterocycles. The van der Waals surface area contributed by atoms with Gasteiger partial charge in [-0.1, -0.05) is 42.0 Å². The van der Waals surface area contributed by atoms with Crippen LogP contribution in [0.15, 0.2) is 48.6 Å². The molecule has 1 aliphatic carbocycles. The largest absolute Gasteiger partial charge is 0.490 e. The van der Waals surface area contributed by atoms with E-state index >= 15 is 0 Å². The van der Waals surface area contributed by atoms with Gasteiger partial charge in [0.15, 0.2) is 0 Å². The second-order valence-electron chi connectivity index (χ2n) is 6.91. The first-order valence-electron chi connectivity index (χ1n) is 9.77. The Bertz CT molecular complexity index is 658. The maximum absolute atomic E-state index is 10.5. The van der Waals surface area contributed by atoms with Crippen molar-refractivity contribution in [3.05, 3.63) is 53.6 Å². The molecule has 1 saturated carbocycles. The Kier molecular flexibility index (Phi) is 11.7. The molecule has 1 fully saturated rings. The summed E-state index contributed by atoms with van der Waals surface area (Å²) in [6.45, 7) is 3.60. The Balaban J connectivity index is 1.97. The normalized spacial score (nSPS) is 25.8. The maximum Gasteiger partial charge on any atom is 0.120 e. The fourth-order valence-corrected chi connectivity index (χ4v) is 4.11. The third kappa shape index (κ3) is 8.26. The lowest BCUT2D eigenvalue weighted by Gasteiger charge is -2.21. The molecule has 1 aromatic carbocycles. The molecule has 0 saturated heterocycles. The van der Waals surface area contributed by atoms with Gasteiger partial charge in [0.2, 0.25) is 0 Å². The number of rotatable bonds is 12. The predicted molar refractivity (Wildman–Crippen MR) is 123 cm³/mol. The number of allylic oxidation sites excluding steroid dienone is 1. The highest BCUT2D eigenvalue weighted by Gasteiger charge is 2.40. The van der Waals surface area contributed by atoms with Crippen LogP contribution >= 0.6 is 30.5 Å². The van der Waals surface area contributed by atoms with Crippen molar-refractivity contribution >= 4 is 30.5 Å². The van der Waals surface area contributed by atoms with Gasteiger partial charge < -0.3 is 23.6 Å². The van der Waals surface area contributed by atoms with E-state index in [9.17, 15) is 5.11 Å². The van der Waals surface area contributed by atoms with Gasteiger partial charge >= 0.3 is 0 Å². The average Bonchev–Trinajstić information content (AvgIpc) is 3.02. The summed E-state index contributed by atoms with van der Waals surface area (Å²) in [5.41, 5.74) is 0. The summed E-state index contributed by atoms with van der Waals surface area (Å²) in [4.78, 5) is 0. The highest BCUT2D eigenvalue weighted by atomic mass is 35.5. The van der Waals surface area contributed by atoms with Crippen LogP contribution in [-0.4, -0.2) is 43.2 Å². The van der Waals surface area contributed by atoms with E-state index in [-0.39, 0.29) is 24.0 Å². The molecule has 0 aliphatic heterocycles. The smallest absolute Gasteiger partial charge is 0.120 e. The van der Waals surface area contributed by atoms with Gasteiger partial charge in [-0.2, -0.15) is 0 Å². The minimum Gasteiger partial charge on any atom is -0.490 e. The number of ether oxygens (including phenoxy) is 2. The van der Waals surface area contributed by atoms with Crippen LogP contribution < -0.4 is 4.74 Å². The molecule has 0 bridgehead atoms. The van der Waals surface area contributed by atoms with Gasteiger partial charge in [-0.3, -0.25) is 0 Å². The summed E-state index contributed by atoms with van der Waals surface area (Å²) < 4.78 is 22.1. The van der Waals surface area contributed by atoms with Crippen molar-refractivity contribution < 1.29 is 23.6 Å². The molecule has 8 heteroatoms. The molecule has 29 heavy (non-hydrogen) atoms. The molecule has 7 unspecified atom stereocenters. The van der Waals surface area contributed by atoms with E-state index in [1.54, 1.807) is 12.1 Å². The van der Waals surface area contributed by atoms with Crippen molar-refractivity contribution in [2.45, 2.75) is 38.1 Å². The van der Waals surface area contributed by atoms with Crippen LogP contribution in [-0.2, 0) is 13.8 Å². The molecule has 1 aromatic rings.